The van der Waals surface area contributed by atoms with Crippen molar-refractivity contribution in [2.75, 3.05) is 6.61 Å². The number of aryl methyl sites for hydroxylation is 1. The van der Waals surface area contributed by atoms with Crippen molar-refractivity contribution in [3.8, 4) is 0 Å². The fourth-order valence-corrected chi connectivity index (χ4v) is 3.44. The zero-order valence-electron chi connectivity index (χ0n) is 8.93. The van der Waals surface area contributed by atoms with E-state index in [0.717, 1.165) is 13.2 Å². The topological polar surface area (TPSA) is 27.1 Å². The number of ether oxygens (including phenoxy) is 1. The van der Waals surface area contributed by atoms with E-state index in [9.17, 15) is 0 Å². The van der Waals surface area contributed by atoms with Crippen LogP contribution >= 0.6 is 11.8 Å². The minimum absolute atomic E-state index is 0.265. The fourth-order valence-electron chi connectivity index (χ4n) is 2.33. The molecule has 0 saturated heterocycles. The Morgan fingerprint density at radius 2 is 2.40 bits per heavy atom. The van der Waals surface area contributed by atoms with Gasteiger partial charge < -0.3 is 4.74 Å². The molecule has 2 unspecified atom stereocenters. The molecule has 0 N–H and O–H groups in total. The fraction of sp³-hybridized carbons (Fsp3) is 0.545. The van der Waals surface area contributed by atoms with Gasteiger partial charge in [0, 0.05) is 0 Å². The van der Waals surface area contributed by atoms with Gasteiger partial charge in [0.2, 0.25) is 0 Å². The van der Waals surface area contributed by atoms with Crippen LogP contribution < -0.4 is 0 Å². The summed E-state index contributed by atoms with van der Waals surface area (Å²) in [6, 6.07) is 0. The summed E-state index contributed by atoms with van der Waals surface area (Å²) in [4.78, 5) is 1.36. The second-order valence-corrected chi connectivity index (χ2v) is 5.44. The van der Waals surface area contributed by atoms with Crippen LogP contribution in [0.4, 0.5) is 0 Å². The predicted molar refractivity (Wildman–Crippen MR) is 60.8 cm³/mol. The van der Waals surface area contributed by atoms with Gasteiger partial charge in [-0.25, -0.2) is 0 Å². The minimum atomic E-state index is 0.265. The van der Waals surface area contributed by atoms with Crippen LogP contribution in [0, 0.1) is 6.92 Å². The van der Waals surface area contributed by atoms with Crippen LogP contribution in [0.2, 0.25) is 0 Å². The van der Waals surface area contributed by atoms with Crippen LogP contribution in [0.5, 0.6) is 0 Å². The summed E-state index contributed by atoms with van der Waals surface area (Å²) < 4.78 is 7.94. The molecule has 1 aromatic heterocycles. The normalized spacial score (nSPS) is 29.3. The van der Waals surface area contributed by atoms with Crippen molar-refractivity contribution in [1.82, 2.24) is 9.78 Å². The van der Waals surface area contributed by atoms with Crippen LogP contribution in [0.3, 0.4) is 0 Å². The van der Waals surface area contributed by atoms with E-state index in [4.69, 9.17) is 4.74 Å². The van der Waals surface area contributed by atoms with Crippen molar-refractivity contribution in [2.24, 2.45) is 0 Å². The van der Waals surface area contributed by atoms with Gasteiger partial charge >= 0.3 is 0 Å². The molecule has 0 amide bonds. The molecule has 2 aliphatic rings. The average Bonchev–Trinajstić information content (AvgIpc) is 2.67. The van der Waals surface area contributed by atoms with Crippen molar-refractivity contribution in [1.29, 1.82) is 0 Å². The molecule has 3 rings (SSSR count). The lowest BCUT2D eigenvalue weighted by molar-refractivity contribution is 0.109. The second kappa shape index (κ2) is 3.39. The molecule has 1 aromatic rings. The molecule has 0 aromatic carbocycles. The number of hydrogen-bond acceptors (Lipinski definition) is 3. The highest BCUT2D eigenvalue weighted by atomic mass is 32.2. The highest BCUT2D eigenvalue weighted by Crippen LogP contribution is 2.44. The SMILES string of the molecule is CC1=CC2c3c(C)cnn3CCOC2S1. The van der Waals surface area contributed by atoms with Gasteiger partial charge in [0.1, 0.15) is 5.44 Å². The maximum Gasteiger partial charge on any atom is 0.119 e. The van der Waals surface area contributed by atoms with Gasteiger partial charge in [-0.1, -0.05) is 17.8 Å². The minimum Gasteiger partial charge on any atom is -0.364 e. The van der Waals surface area contributed by atoms with E-state index in [2.05, 4.69) is 29.7 Å². The summed E-state index contributed by atoms with van der Waals surface area (Å²) in [5, 5.41) is 4.40. The molecule has 0 fully saturated rings. The summed E-state index contributed by atoms with van der Waals surface area (Å²) >= 11 is 1.84. The van der Waals surface area contributed by atoms with Crippen molar-refractivity contribution in [2.45, 2.75) is 31.7 Å². The number of rotatable bonds is 0. The molecule has 4 heteroatoms. The number of nitrogens with zero attached hydrogens (tertiary/aromatic N) is 2. The van der Waals surface area contributed by atoms with Crippen molar-refractivity contribution >= 4 is 11.8 Å². The van der Waals surface area contributed by atoms with Crippen molar-refractivity contribution < 1.29 is 4.74 Å². The lowest BCUT2D eigenvalue weighted by Crippen LogP contribution is -2.13. The molecule has 0 bridgehead atoms. The number of hydrogen-bond donors (Lipinski definition) is 0. The van der Waals surface area contributed by atoms with Gasteiger partial charge in [0.25, 0.3) is 0 Å². The van der Waals surface area contributed by atoms with Gasteiger partial charge in [-0.15, -0.1) is 0 Å². The first-order valence-corrected chi connectivity index (χ1v) is 6.12. The van der Waals surface area contributed by atoms with E-state index in [1.807, 2.05) is 18.0 Å². The predicted octanol–water partition coefficient (Wildman–Crippen LogP) is 2.28. The molecule has 0 radical (unpaired) electrons. The monoisotopic (exact) mass is 222 g/mol. The molecule has 2 aliphatic heterocycles. The third-order valence-corrected chi connectivity index (χ3v) is 4.15. The number of thioether (sulfide) groups is 1. The Labute approximate surface area is 93.5 Å². The second-order valence-electron chi connectivity index (χ2n) is 4.10. The number of fused-ring (bicyclic) bond motifs is 3. The summed E-state index contributed by atoms with van der Waals surface area (Å²) in [5.41, 5.74) is 2.88. The number of allylic oxidation sites excluding steroid dienone is 1. The first-order chi connectivity index (χ1) is 7.25. The van der Waals surface area contributed by atoms with Crippen LogP contribution in [0.1, 0.15) is 24.1 Å². The third kappa shape index (κ3) is 1.43. The standard InChI is InChI=1S/C11H14N2OS/c1-7-6-12-13-3-4-14-11-9(10(7)13)5-8(2)15-11/h5-6,9,11H,3-4H2,1-2H3. The molecule has 3 heterocycles. The Morgan fingerprint density at radius 3 is 3.27 bits per heavy atom. The summed E-state index contributed by atoms with van der Waals surface area (Å²) in [5.74, 6) is 0.389. The third-order valence-electron chi connectivity index (χ3n) is 2.98. The molecule has 0 spiro atoms. The first kappa shape index (κ1) is 9.48. The average molecular weight is 222 g/mol. The van der Waals surface area contributed by atoms with Gasteiger partial charge in [-0.2, -0.15) is 5.10 Å². The lowest BCUT2D eigenvalue weighted by atomic mass is 10.0. The van der Waals surface area contributed by atoms with E-state index in [1.165, 1.54) is 16.2 Å². The van der Waals surface area contributed by atoms with Gasteiger partial charge in [0.15, 0.2) is 0 Å². The van der Waals surface area contributed by atoms with E-state index in [0.29, 0.717) is 5.92 Å². The highest BCUT2D eigenvalue weighted by Gasteiger charge is 2.34. The molecule has 0 saturated carbocycles. The Hall–Kier alpha value is -0.740. The van der Waals surface area contributed by atoms with Gasteiger partial charge in [-0.3, -0.25) is 4.68 Å². The molecular formula is C11H14N2OS. The van der Waals surface area contributed by atoms with Gasteiger partial charge in [0.05, 0.1) is 31.0 Å². The lowest BCUT2D eigenvalue weighted by Gasteiger charge is -2.15. The van der Waals surface area contributed by atoms with E-state index in [1.54, 1.807) is 0 Å². The van der Waals surface area contributed by atoms with Crippen LogP contribution in [0.15, 0.2) is 17.2 Å². The van der Waals surface area contributed by atoms with E-state index >= 15 is 0 Å². The van der Waals surface area contributed by atoms with Crippen LogP contribution in [-0.2, 0) is 11.3 Å². The Morgan fingerprint density at radius 1 is 1.53 bits per heavy atom. The maximum atomic E-state index is 5.84. The van der Waals surface area contributed by atoms with Crippen molar-refractivity contribution in [3.63, 3.8) is 0 Å². The molecule has 2 atom stereocenters. The Kier molecular flexibility index (Phi) is 2.14. The van der Waals surface area contributed by atoms with E-state index < -0.39 is 0 Å². The highest BCUT2D eigenvalue weighted by molar-refractivity contribution is 8.03. The first-order valence-electron chi connectivity index (χ1n) is 5.24. The van der Waals surface area contributed by atoms with Crippen LogP contribution in [-0.4, -0.2) is 21.8 Å². The maximum absolute atomic E-state index is 5.84. The zero-order chi connectivity index (χ0) is 10.4. The van der Waals surface area contributed by atoms with Gasteiger partial charge in [-0.05, 0) is 24.3 Å². The largest absolute Gasteiger partial charge is 0.364 e. The number of aromatic nitrogens is 2. The van der Waals surface area contributed by atoms with Crippen LogP contribution in [0.25, 0.3) is 0 Å². The Balaban J connectivity index is 2.10. The molecule has 80 valence electrons. The zero-order valence-corrected chi connectivity index (χ0v) is 9.75. The molecule has 15 heavy (non-hydrogen) atoms. The molecular weight excluding hydrogens is 208 g/mol. The summed E-state index contributed by atoms with van der Waals surface area (Å²) in [6.07, 6.45) is 4.27. The summed E-state index contributed by atoms with van der Waals surface area (Å²) in [7, 11) is 0. The van der Waals surface area contributed by atoms with E-state index in [-0.39, 0.29) is 5.44 Å². The smallest absolute Gasteiger partial charge is 0.119 e. The summed E-state index contributed by atoms with van der Waals surface area (Å²) in [6.45, 7) is 5.93. The molecule has 3 nitrogen and oxygen atoms in total. The quantitative estimate of drug-likeness (QED) is 0.674. The van der Waals surface area contributed by atoms with Crippen molar-refractivity contribution in [3.05, 3.63) is 28.4 Å². The molecule has 0 aliphatic carbocycles. The Bertz CT molecular complexity index is 424.